The zero-order valence-electron chi connectivity index (χ0n) is 24.3. The van der Waals surface area contributed by atoms with Crippen molar-refractivity contribution in [1.29, 1.82) is 0 Å². The maximum atomic E-state index is 12.7. The lowest BCUT2D eigenvalue weighted by Gasteiger charge is -2.18. The molecule has 2 rings (SSSR count). The second-order valence-corrected chi connectivity index (χ2v) is 11.0. The molecule has 0 fully saturated rings. The Hall–Kier alpha value is -2.42. The molecular formula is C30H53N5O4. The number of aliphatic hydroxyl groups is 1. The molecule has 0 aliphatic heterocycles. The summed E-state index contributed by atoms with van der Waals surface area (Å²) >= 11 is 0. The number of nitrogen functional groups attached to an aromatic ring is 1. The van der Waals surface area contributed by atoms with E-state index in [4.69, 9.17) is 10.5 Å². The quantitative estimate of drug-likeness (QED) is 0.104. The molecule has 0 radical (unpaired) electrons. The summed E-state index contributed by atoms with van der Waals surface area (Å²) in [5.74, 6) is -0.421. The van der Waals surface area contributed by atoms with Crippen LogP contribution in [0.25, 0.3) is 11.2 Å². The maximum Gasteiger partial charge on any atom is 0.305 e. The van der Waals surface area contributed by atoms with Crippen molar-refractivity contribution in [3.8, 4) is 0 Å². The number of unbranched alkanes of at least 4 members (excludes halogenated alkanes) is 16. The van der Waals surface area contributed by atoms with Gasteiger partial charge in [-0.05, 0) is 12.8 Å². The first-order valence-electron chi connectivity index (χ1n) is 15.5. The molecule has 2 aromatic heterocycles. The summed E-state index contributed by atoms with van der Waals surface area (Å²) in [4.78, 5) is 35.8. The van der Waals surface area contributed by atoms with E-state index in [0.717, 1.165) is 19.3 Å². The highest BCUT2D eigenvalue weighted by atomic mass is 16.5. The van der Waals surface area contributed by atoms with Gasteiger partial charge in [-0.15, -0.1) is 0 Å². The molecule has 39 heavy (non-hydrogen) atoms. The summed E-state index contributed by atoms with van der Waals surface area (Å²) in [6, 6.07) is 0. The van der Waals surface area contributed by atoms with Crippen LogP contribution in [0.4, 0.5) is 5.95 Å². The van der Waals surface area contributed by atoms with Gasteiger partial charge in [-0.1, -0.05) is 110 Å². The van der Waals surface area contributed by atoms with Crippen LogP contribution in [0.1, 0.15) is 129 Å². The van der Waals surface area contributed by atoms with Gasteiger partial charge in [0.1, 0.15) is 0 Å². The molecule has 4 N–H and O–H groups in total. The predicted molar refractivity (Wildman–Crippen MR) is 157 cm³/mol. The summed E-state index contributed by atoms with van der Waals surface area (Å²) in [5, 5.41) is 9.43. The second-order valence-electron chi connectivity index (χ2n) is 11.0. The first-order valence-corrected chi connectivity index (χ1v) is 15.5. The van der Waals surface area contributed by atoms with E-state index in [1.165, 1.54) is 101 Å². The number of aliphatic hydroxyl groups excluding tert-OH is 1. The summed E-state index contributed by atoms with van der Waals surface area (Å²) < 4.78 is 6.80. The number of ether oxygens (including phenoxy) is 1. The summed E-state index contributed by atoms with van der Waals surface area (Å²) in [7, 11) is 0. The average Bonchev–Trinajstić information content (AvgIpc) is 3.40. The van der Waals surface area contributed by atoms with E-state index in [2.05, 4.69) is 21.9 Å². The van der Waals surface area contributed by atoms with Gasteiger partial charge in [-0.25, -0.2) is 4.98 Å². The lowest BCUT2D eigenvalue weighted by atomic mass is 10.0. The van der Waals surface area contributed by atoms with Crippen molar-refractivity contribution < 1.29 is 14.6 Å². The van der Waals surface area contributed by atoms with E-state index in [1.807, 2.05) is 0 Å². The van der Waals surface area contributed by atoms with E-state index in [0.29, 0.717) is 12.8 Å². The molecule has 0 amide bonds. The van der Waals surface area contributed by atoms with Gasteiger partial charge in [-0.2, -0.15) is 4.98 Å². The zero-order valence-corrected chi connectivity index (χ0v) is 24.3. The summed E-state index contributed by atoms with van der Waals surface area (Å²) in [6.07, 6.45) is 24.3. The third-order valence-corrected chi connectivity index (χ3v) is 7.52. The normalized spacial score (nSPS) is 12.3. The molecule has 2 aromatic rings. The minimum Gasteiger partial charge on any atom is -0.465 e. The first-order chi connectivity index (χ1) is 19.1. The van der Waals surface area contributed by atoms with Gasteiger partial charge in [0.15, 0.2) is 11.2 Å². The minimum atomic E-state index is -0.326. The average molecular weight is 548 g/mol. The Morgan fingerprint density at radius 3 is 2.03 bits per heavy atom. The highest BCUT2D eigenvalue weighted by molar-refractivity contribution is 5.70. The molecule has 2 heterocycles. The number of hydrogen-bond acceptors (Lipinski definition) is 7. The van der Waals surface area contributed by atoms with Crippen molar-refractivity contribution >= 4 is 23.1 Å². The Kier molecular flexibility index (Phi) is 17.2. The zero-order chi connectivity index (χ0) is 28.1. The van der Waals surface area contributed by atoms with Gasteiger partial charge in [-0.3, -0.25) is 14.2 Å². The van der Waals surface area contributed by atoms with E-state index < -0.39 is 0 Å². The number of carbonyl (C=O) groups is 1. The topological polar surface area (TPSA) is 136 Å². The number of nitrogens with zero attached hydrogens (tertiary/aromatic N) is 3. The van der Waals surface area contributed by atoms with E-state index in [9.17, 15) is 14.7 Å². The lowest BCUT2D eigenvalue weighted by Crippen LogP contribution is -2.30. The largest absolute Gasteiger partial charge is 0.465 e. The molecule has 1 unspecified atom stereocenters. The van der Waals surface area contributed by atoms with Crippen LogP contribution in [0.2, 0.25) is 0 Å². The predicted octanol–water partition coefficient (Wildman–Crippen LogP) is 6.29. The molecule has 1 atom stereocenters. The smallest absolute Gasteiger partial charge is 0.305 e. The van der Waals surface area contributed by atoms with Crippen molar-refractivity contribution in [2.75, 3.05) is 18.9 Å². The van der Waals surface area contributed by atoms with Gasteiger partial charge in [0.2, 0.25) is 5.95 Å². The molecule has 222 valence electrons. The third kappa shape index (κ3) is 13.5. The summed E-state index contributed by atoms with van der Waals surface area (Å²) in [6.45, 7) is 2.54. The van der Waals surface area contributed by atoms with Crippen LogP contribution in [-0.2, 0) is 16.1 Å². The number of aromatic amines is 1. The molecule has 9 heteroatoms. The van der Waals surface area contributed by atoms with E-state index >= 15 is 0 Å². The molecule has 0 aliphatic rings. The van der Waals surface area contributed by atoms with Crippen molar-refractivity contribution in [2.24, 2.45) is 5.92 Å². The van der Waals surface area contributed by atoms with Gasteiger partial charge in [0.25, 0.3) is 5.56 Å². The van der Waals surface area contributed by atoms with Crippen LogP contribution in [0, 0.1) is 5.92 Å². The number of nitrogens with one attached hydrogen (secondary N) is 1. The van der Waals surface area contributed by atoms with Crippen LogP contribution >= 0.6 is 0 Å². The SMILES string of the molecule is CCCCCCCCCCCCCCCCCCCC(=O)OCC(CCO)Cn1c(N)nc2nc[nH]c2c1=O. The van der Waals surface area contributed by atoms with Crippen molar-refractivity contribution in [2.45, 2.75) is 135 Å². The van der Waals surface area contributed by atoms with Crippen LogP contribution < -0.4 is 11.3 Å². The number of imidazole rings is 1. The number of anilines is 1. The highest BCUT2D eigenvalue weighted by Crippen LogP contribution is 2.15. The van der Waals surface area contributed by atoms with Crippen LogP contribution in [0.5, 0.6) is 0 Å². The van der Waals surface area contributed by atoms with Crippen molar-refractivity contribution in [3.63, 3.8) is 0 Å². The number of aromatic nitrogens is 4. The Balaban J connectivity index is 1.47. The number of nitrogens with two attached hydrogens (primary N) is 1. The monoisotopic (exact) mass is 547 g/mol. The van der Waals surface area contributed by atoms with Crippen LogP contribution in [0.3, 0.4) is 0 Å². The molecular weight excluding hydrogens is 494 g/mol. The number of fused-ring (bicyclic) bond motifs is 1. The summed E-state index contributed by atoms with van der Waals surface area (Å²) in [5.41, 5.74) is 6.18. The fourth-order valence-electron chi connectivity index (χ4n) is 5.06. The van der Waals surface area contributed by atoms with Gasteiger partial charge < -0.3 is 20.6 Å². The number of carbonyl (C=O) groups excluding carboxylic acids is 1. The van der Waals surface area contributed by atoms with Crippen LogP contribution in [0.15, 0.2) is 11.1 Å². The van der Waals surface area contributed by atoms with Crippen molar-refractivity contribution in [3.05, 3.63) is 16.7 Å². The first kappa shape index (κ1) is 32.8. The molecule has 0 aliphatic carbocycles. The van der Waals surface area contributed by atoms with Gasteiger partial charge in [0.05, 0.1) is 12.9 Å². The van der Waals surface area contributed by atoms with Gasteiger partial charge in [0, 0.05) is 25.5 Å². The molecule has 0 bridgehead atoms. The molecule has 9 nitrogen and oxygen atoms in total. The Morgan fingerprint density at radius 2 is 1.49 bits per heavy atom. The standard InChI is InChI=1S/C30H53N5O4/c1-2-3-4-5-6-7-8-9-10-11-12-13-14-15-16-17-18-19-26(37)39-23-25(20-21-36)22-35-29(38)27-28(33-24-32-27)34-30(35)31/h24-25,36H,2-23H2,1H3,(H2,31,34)(H,32,33). The van der Waals surface area contributed by atoms with Gasteiger partial charge >= 0.3 is 5.97 Å². The Morgan fingerprint density at radius 1 is 0.949 bits per heavy atom. The lowest BCUT2D eigenvalue weighted by molar-refractivity contribution is -0.145. The fraction of sp³-hybridized carbons (Fsp3) is 0.800. The highest BCUT2D eigenvalue weighted by Gasteiger charge is 2.17. The van der Waals surface area contributed by atoms with E-state index in [-0.39, 0.29) is 54.3 Å². The van der Waals surface area contributed by atoms with Crippen LogP contribution in [-0.4, -0.2) is 43.8 Å². The Labute approximate surface area is 234 Å². The number of rotatable bonds is 24. The minimum absolute atomic E-state index is 0.0531. The number of esters is 1. The maximum absolute atomic E-state index is 12.7. The second kappa shape index (κ2) is 20.5. The van der Waals surface area contributed by atoms with Crippen molar-refractivity contribution in [1.82, 2.24) is 19.5 Å². The molecule has 0 aromatic carbocycles. The molecule has 0 saturated carbocycles. The number of H-pyrrole nitrogens is 1. The number of hydrogen-bond donors (Lipinski definition) is 3. The van der Waals surface area contributed by atoms with E-state index in [1.54, 1.807) is 0 Å². The molecule has 0 saturated heterocycles. The fourth-order valence-corrected chi connectivity index (χ4v) is 5.06. The third-order valence-electron chi connectivity index (χ3n) is 7.52. The Bertz CT molecular complexity index is 974. The molecule has 0 spiro atoms.